The van der Waals surface area contributed by atoms with Gasteiger partial charge in [0, 0.05) is 27.9 Å². The van der Waals surface area contributed by atoms with Crippen molar-refractivity contribution in [2.45, 2.75) is 0 Å². The predicted octanol–water partition coefficient (Wildman–Crippen LogP) is 13.1. The summed E-state index contributed by atoms with van der Waals surface area (Å²) in [5.41, 5.74) is 12.3. The van der Waals surface area contributed by atoms with Crippen molar-refractivity contribution in [3.63, 3.8) is 0 Å². The minimum Gasteiger partial charge on any atom is -0.453 e. The van der Waals surface area contributed by atoms with Gasteiger partial charge in [-0.1, -0.05) is 152 Å². The van der Waals surface area contributed by atoms with Crippen LogP contribution in [0.2, 0.25) is 0 Å². The lowest BCUT2D eigenvalue weighted by atomic mass is 9.90. The first kappa shape index (κ1) is 27.9. The topological polar surface area (TPSA) is 12.5 Å². The Morgan fingerprint density at radius 3 is 1.40 bits per heavy atom. The highest BCUT2D eigenvalue weighted by atomic mass is 16.5. The Morgan fingerprint density at radius 1 is 0.312 bits per heavy atom. The molecule has 0 amide bonds. The van der Waals surface area contributed by atoms with Gasteiger partial charge in [0.05, 0.1) is 5.69 Å². The van der Waals surface area contributed by atoms with Gasteiger partial charge in [0.1, 0.15) is 5.75 Å². The lowest BCUT2D eigenvalue weighted by Gasteiger charge is -2.31. The van der Waals surface area contributed by atoms with Gasteiger partial charge in [-0.2, -0.15) is 0 Å². The molecule has 0 aliphatic carbocycles. The highest BCUT2D eigenvalue weighted by Gasteiger charge is 2.28. The summed E-state index contributed by atoms with van der Waals surface area (Å²) < 4.78 is 7.13. The summed E-state index contributed by atoms with van der Waals surface area (Å²) >= 11 is 0. The summed E-state index contributed by atoms with van der Waals surface area (Å²) in [6.07, 6.45) is 0. The van der Waals surface area contributed by atoms with Gasteiger partial charge in [-0.05, 0) is 75.2 Å². The van der Waals surface area contributed by atoms with Crippen LogP contribution in [-0.2, 0) is 0 Å². The van der Waals surface area contributed by atoms with Crippen LogP contribution in [-0.4, -0.2) is 0 Å². The number of rotatable bonds is 6. The Bertz CT molecular complexity index is 2300. The van der Waals surface area contributed by atoms with E-state index in [1.807, 2.05) is 0 Å². The quantitative estimate of drug-likeness (QED) is 0.185. The van der Waals surface area contributed by atoms with E-state index in [0.29, 0.717) is 0 Å². The number of ether oxygens (including phenoxy) is 1. The monoisotopic (exact) mass is 613 g/mol. The molecule has 0 fully saturated rings. The highest BCUT2D eigenvalue weighted by molar-refractivity contribution is 6.09. The summed E-state index contributed by atoms with van der Waals surface area (Å²) in [4.78, 5) is 2.32. The van der Waals surface area contributed by atoms with Crippen LogP contribution in [0.15, 0.2) is 188 Å². The Labute approximate surface area is 280 Å². The molecule has 226 valence electrons. The molecule has 0 radical (unpaired) electrons. The Balaban J connectivity index is 1.23. The van der Waals surface area contributed by atoms with Crippen molar-refractivity contribution in [2.24, 2.45) is 0 Å². The summed E-state index contributed by atoms with van der Waals surface area (Å²) in [5, 5.41) is 2.32. The van der Waals surface area contributed by atoms with E-state index in [1.165, 1.54) is 33.2 Å². The fourth-order valence-electron chi connectivity index (χ4n) is 6.94. The number of hydrogen-bond donors (Lipinski definition) is 0. The van der Waals surface area contributed by atoms with Gasteiger partial charge < -0.3 is 9.64 Å². The average molecular weight is 614 g/mol. The average Bonchev–Trinajstić information content (AvgIpc) is 3.17. The summed E-state index contributed by atoms with van der Waals surface area (Å²) in [6.45, 7) is 0. The molecular weight excluding hydrogens is 583 g/mol. The third-order valence-corrected chi connectivity index (χ3v) is 9.28. The maximum absolute atomic E-state index is 7.13. The van der Waals surface area contributed by atoms with Crippen LogP contribution in [0.3, 0.4) is 0 Å². The second kappa shape index (κ2) is 11.8. The molecule has 1 heterocycles. The van der Waals surface area contributed by atoms with E-state index in [0.717, 1.165) is 50.6 Å². The van der Waals surface area contributed by atoms with Gasteiger partial charge in [-0.25, -0.2) is 0 Å². The first-order valence-corrected chi connectivity index (χ1v) is 16.4. The lowest BCUT2D eigenvalue weighted by Crippen LogP contribution is -2.12. The van der Waals surface area contributed by atoms with E-state index >= 15 is 0 Å². The molecule has 0 spiro atoms. The normalized spacial score (nSPS) is 11.5. The first-order valence-electron chi connectivity index (χ1n) is 16.4. The zero-order valence-corrected chi connectivity index (χ0v) is 26.3. The van der Waals surface area contributed by atoms with Crippen molar-refractivity contribution in [2.75, 3.05) is 4.90 Å². The Kier molecular flexibility index (Phi) is 6.84. The van der Waals surface area contributed by atoms with Gasteiger partial charge in [-0.3, -0.25) is 0 Å². The molecular formula is C46H31NO. The summed E-state index contributed by atoms with van der Waals surface area (Å²) in [7, 11) is 0. The minimum absolute atomic E-state index is 0.847. The Hall–Kier alpha value is -6.38. The molecule has 0 saturated carbocycles. The fourth-order valence-corrected chi connectivity index (χ4v) is 6.94. The number of para-hydroxylation sites is 1. The van der Waals surface area contributed by atoms with Crippen LogP contribution in [0.25, 0.3) is 55.3 Å². The lowest BCUT2D eigenvalue weighted by molar-refractivity contribution is 0.490. The van der Waals surface area contributed by atoms with Gasteiger partial charge >= 0.3 is 0 Å². The van der Waals surface area contributed by atoms with Crippen LogP contribution in [0.1, 0.15) is 0 Å². The second-order valence-corrected chi connectivity index (χ2v) is 12.1. The largest absolute Gasteiger partial charge is 0.453 e. The van der Waals surface area contributed by atoms with Crippen molar-refractivity contribution in [1.29, 1.82) is 0 Å². The van der Waals surface area contributed by atoms with E-state index in [-0.39, 0.29) is 0 Å². The van der Waals surface area contributed by atoms with Crippen LogP contribution in [0.4, 0.5) is 17.1 Å². The number of anilines is 3. The SMILES string of the molecule is c1ccc(-c2ccc(N(c3ccc(-c4ccccc4)cc3)c3cccc4c3Oc3c(-c5ccccc5)ccc5cccc-4c35)cc2)cc1. The van der Waals surface area contributed by atoms with E-state index < -0.39 is 0 Å². The highest BCUT2D eigenvalue weighted by Crippen LogP contribution is 2.55. The molecule has 0 saturated heterocycles. The molecule has 8 aromatic rings. The van der Waals surface area contributed by atoms with Crippen molar-refractivity contribution < 1.29 is 4.74 Å². The number of nitrogens with zero attached hydrogens (tertiary/aromatic N) is 1. The molecule has 0 atom stereocenters. The second-order valence-electron chi connectivity index (χ2n) is 12.1. The smallest absolute Gasteiger partial charge is 0.159 e. The van der Waals surface area contributed by atoms with Gasteiger partial charge in [0.25, 0.3) is 0 Å². The molecule has 9 rings (SSSR count). The van der Waals surface area contributed by atoms with E-state index in [9.17, 15) is 0 Å². The van der Waals surface area contributed by atoms with Crippen molar-refractivity contribution in [1.82, 2.24) is 0 Å². The van der Waals surface area contributed by atoms with Gasteiger partial charge in [0.2, 0.25) is 0 Å². The number of hydrogen-bond acceptors (Lipinski definition) is 2. The molecule has 0 unspecified atom stereocenters. The fraction of sp³-hybridized carbons (Fsp3) is 0. The zero-order valence-electron chi connectivity index (χ0n) is 26.3. The minimum atomic E-state index is 0.847. The summed E-state index contributed by atoms with van der Waals surface area (Å²) in [6, 6.07) is 66.7. The molecule has 1 aliphatic rings. The van der Waals surface area contributed by atoms with E-state index in [2.05, 4.69) is 193 Å². The van der Waals surface area contributed by atoms with Gasteiger partial charge in [-0.15, -0.1) is 0 Å². The Morgan fingerprint density at radius 2 is 0.812 bits per heavy atom. The summed E-state index contributed by atoms with van der Waals surface area (Å²) in [5.74, 6) is 1.74. The van der Waals surface area contributed by atoms with Crippen molar-refractivity contribution in [3.05, 3.63) is 188 Å². The van der Waals surface area contributed by atoms with Gasteiger partial charge in [0.15, 0.2) is 5.75 Å². The number of fused-ring (bicyclic) bond motifs is 2. The third-order valence-electron chi connectivity index (χ3n) is 9.28. The van der Waals surface area contributed by atoms with Crippen molar-refractivity contribution in [3.8, 4) is 56.0 Å². The maximum Gasteiger partial charge on any atom is 0.159 e. The van der Waals surface area contributed by atoms with Crippen LogP contribution in [0, 0.1) is 0 Å². The molecule has 48 heavy (non-hydrogen) atoms. The van der Waals surface area contributed by atoms with E-state index in [4.69, 9.17) is 4.74 Å². The van der Waals surface area contributed by atoms with Crippen LogP contribution in [0.5, 0.6) is 11.5 Å². The van der Waals surface area contributed by atoms with Crippen LogP contribution >= 0.6 is 0 Å². The molecule has 1 aliphatic heterocycles. The molecule has 0 N–H and O–H groups in total. The first-order chi connectivity index (χ1) is 23.8. The molecule has 8 aromatic carbocycles. The molecule has 2 nitrogen and oxygen atoms in total. The third kappa shape index (κ3) is 4.83. The molecule has 0 aromatic heterocycles. The zero-order chi connectivity index (χ0) is 31.9. The number of benzene rings is 8. The van der Waals surface area contributed by atoms with Crippen molar-refractivity contribution >= 4 is 27.8 Å². The van der Waals surface area contributed by atoms with E-state index in [1.54, 1.807) is 0 Å². The molecule has 2 heteroatoms. The predicted molar refractivity (Wildman–Crippen MR) is 200 cm³/mol. The maximum atomic E-state index is 7.13. The molecule has 0 bridgehead atoms. The standard InChI is InChI=1S/C46H31NO/c1-4-12-32(13-5-1)34-22-27-38(28-23-34)47(39-29-24-35(25-30-39)33-14-6-2-7-15-33)43-21-11-20-42-41-19-10-18-37-26-31-40(36-16-8-3-9-17-36)46(44(37)41)48-45(42)43/h1-31H. The van der Waals surface area contributed by atoms with Crippen LogP contribution < -0.4 is 9.64 Å².